The van der Waals surface area contributed by atoms with Gasteiger partial charge in [0.1, 0.15) is 0 Å². The van der Waals surface area contributed by atoms with E-state index in [-0.39, 0.29) is 0 Å². The molecule has 84 valence electrons. The monoisotopic (exact) mass is 335 g/mol. The number of fused-ring (bicyclic) bond motifs is 1. The van der Waals surface area contributed by atoms with Crippen molar-refractivity contribution in [1.82, 2.24) is 14.8 Å². The molecule has 17 heavy (non-hydrogen) atoms. The molecule has 3 aromatic rings. The lowest BCUT2D eigenvalue weighted by Crippen LogP contribution is -2.01. The second-order valence-corrected chi connectivity index (χ2v) is 5.10. The van der Waals surface area contributed by atoms with Crippen molar-refractivity contribution >= 4 is 33.5 Å². The second-order valence-electron chi connectivity index (χ2n) is 3.85. The molecule has 0 aliphatic carbocycles. The van der Waals surface area contributed by atoms with Crippen LogP contribution >= 0.6 is 22.6 Å². The standard InChI is InChI=1S/C13H10IN3/c14-11-7-15-17(8-11)9-12-6-5-10-3-1-2-4-13(10)16-12/h1-8H,9H2. The van der Waals surface area contributed by atoms with Crippen molar-refractivity contribution in [2.24, 2.45) is 0 Å². The molecule has 0 spiro atoms. The third-order valence-corrected chi connectivity index (χ3v) is 3.14. The first kappa shape index (κ1) is 10.7. The van der Waals surface area contributed by atoms with E-state index in [1.807, 2.05) is 35.3 Å². The van der Waals surface area contributed by atoms with Gasteiger partial charge in [0, 0.05) is 11.6 Å². The van der Waals surface area contributed by atoms with E-state index in [9.17, 15) is 0 Å². The number of hydrogen-bond acceptors (Lipinski definition) is 2. The van der Waals surface area contributed by atoms with Crippen molar-refractivity contribution in [2.75, 3.05) is 0 Å². The molecule has 0 saturated carbocycles. The first-order chi connectivity index (χ1) is 8.31. The fraction of sp³-hybridized carbons (Fsp3) is 0.0769. The largest absolute Gasteiger partial charge is 0.266 e. The number of aromatic nitrogens is 3. The van der Waals surface area contributed by atoms with E-state index in [4.69, 9.17) is 0 Å². The summed E-state index contributed by atoms with van der Waals surface area (Å²) < 4.78 is 3.04. The second kappa shape index (κ2) is 4.44. The summed E-state index contributed by atoms with van der Waals surface area (Å²) in [6, 6.07) is 12.3. The summed E-state index contributed by atoms with van der Waals surface area (Å²) in [5, 5.41) is 5.43. The average molecular weight is 335 g/mol. The van der Waals surface area contributed by atoms with Crippen LogP contribution in [0.5, 0.6) is 0 Å². The normalized spacial score (nSPS) is 10.9. The summed E-state index contributed by atoms with van der Waals surface area (Å²) in [4.78, 5) is 4.62. The van der Waals surface area contributed by atoms with Gasteiger partial charge in [-0.15, -0.1) is 0 Å². The summed E-state index contributed by atoms with van der Waals surface area (Å²) in [6.07, 6.45) is 3.86. The zero-order valence-electron chi connectivity index (χ0n) is 9.05. The summed E-state index contributed by atoms with van der Waals surface area (Å²) >= 11 is 2.25. The molecule has 0 aliphatic rings. The van der Waals surface area contributed by atoms with E-state index in [1.54, 1.807) is 0 Å². The molecule has 3 nitrogen and oxygen atoms in total. The van der Waals surface area contributed by atoms with Crippen LogP contribution in [0.3, 0.4) is 0 Å². The molecular weight excluding hydrogens is 325 g/mol. The zero-order valence-corrected chi connectivity index (χ0v) is 11.2. The molecule has 3 rings (SSSR count). The Bertz CT molecular complexity index is 660. The lowest BCUT2D eigenvalue weighted by Gasteiger charge is -2.03. The molecule has 0 atom stereocenters. The van der Waals surface area contributed by atoms with E-state index in [1.165, 1.54) is 5.39 Å². The number of benzene rings is 1. The summed E-state index contributed by atoms with van der Waals surface area (Å²) in [7, 11) is 0. The summed E-state index contributed by atoms with van der Waals surface area (Å²) in [5.41, 5.74) is 2.06. The molecule has 0 fully saturated rings. The number of nitrogens with zero attached hydrogens (tertiary/aromatic N) is 3. The Morgan fingerprint density at radius 1 is 1.12 bits per heavy atom. The van der Waals surface area contributed by atoms with Gasteiger partial charge >= 0.3 is 0 Å². The number of halogens is 1. The number of hydrogen-bond donors (Lipinski definition) is 0. The van der Waals surface area contributed by atoms with Gasteiger partial charge in [-0.05, 0) is 34.7 Å². The van der Waals surface area contributed by atoms with Crippen LogP contribution in [-0.4, -0.2) is 14.8 Å². The van der Waals surface area contributed by atoms with E-state index in [2.05, 4.69) is 50.9 Å². The molecule has 2 heterocycles. The first-order valence-corrected chi connectivity index (χ1v) is 6.42. The first-order valence-electron chi connectivity index (χ1n) is 5.34. The summed E-state index contributed by atoms with van der Waals surface area (Å²) in [5.74, 6) is 0. The van der Waals surface area contributed by atoms with E-state index in [0.717, 1.165) is 14.8 Å². The van der Waals surface area contributed by atoms with Crippen LogP contribution in [0.2, 0.25) is 0 Å². The highest BCUT2D eigenvalue weighted by Gasteiger charge is 2.00. The Morgan fingerprint density at radius 2 is 2.00 bits per heavy atom. The maximum atomic E-state index is 4.62. The van der Waals surface area contributed by atoms with Crippen LogP contribution in [0.4, 0.5) is 0 Å². The van der Waals surface area contributed by atoms with Crippen molar-refractivity contribution in [3.8, 4) is 0 Å². The quantitative estimate of drug-likeness (QED) is 0.674. The molecular formula is C13H10IN3. The van der Waals surface area contributed by atoms with Gasteiger partial charge in [-0.25, -0.2) is 0 Å². The topological polar surface area (TPSA) is 30.7 Å². The molecule has 0 unspecified atom stereocenters. The summed E-state index contributed by atoms with van der Waals surface area (Å²) in [6.45, 7) is 0.716. The molecule has 0 amide bonds. The highest BCUT2D eigenvalue weighted by molar-refractivity contribution is 14.1. The van der Waals surface area contributed by atoms with Crippen LogP contribution in [0.25, 0.3) is 10.9 Å². The molecule has 0 radical (unpaired) electrons. The van der Waals surface area contributed by atoms with E-state index >= 15 is 0 Å². The Morgan fingerprint density at radius 3 is 2.82 bits per heavy atom. The van der Waals surface area contributed by atoms with Gasteiger partial charge in [-0.3, -0.25) is 9.67 Å². The molecule has 4 heteroatoms. The van der Waals surface area contributed by atoms with Crippen LogP contribution in [0.1, 0.15) is 5.69 Å². The van der Waals surface area contributed by atoms with Crippen molar-refractivity contribution < 1.29 is 0 Å². The van der Waals surface area contributed by atoms with Gasteiger partial charge < -0.3 is 0 Å². The van der Waals surface area contributed by atoms with Gasteiger partial charge in [0.15, 0.2) is 0 Å². The maximum Gasteiger partial charge on any atom is 0.0831 e. The van der Waals surface area contributed by atoms with Gasteiger partial charge in [0.25, 0.3) is 0 Å². The third-order valence-electron chi connectivity index (χ3n) is 2.58. The van der Waals surface area contributed by atoms with Gasteiger partial charge in [0.2, 0.25) is 0 Å². The predicted octanol–water partition coefficient (Wildman–Crippen LogP) is 3.08. The molecule has 2 aromatic heterocycles. The van der Waals surface area contributed by atoms with Crippen LogP contribution in [0, 0.1) is 3.57 Å². The van der Waals surface area contributed by atoms with E-state index in [0.29, 0.717) is 6.54 Å². The highest BCUT2D eigenvalue weighted by atomic mass is 127. The lowest BCUT2D eigenvalue weighted by molar-refractivity contribution is 0.674. The zero-order chi connectivity index (χ0) is 11.7. The molecule has 0 N–H and O–H groups in total. The number of rotatable bonds is 2. The smallest absolute Gasteiger partial charge is 0.0831 e. The van der Waals surface area contributed by atoms with Crippen LogP contribution < -0.4 is 0 Å². The highest BCUT2D eigenvalue weighted by Crippen LogP contribution is 2.12. The van der Waals surface area contributed by atoms with Gasteiger partial charge in [-0.2, -0.15) is 5.10 Å². The number of pyridine rings is 1. The Hall–Kier alpha value is -1.43. The minimum atomic E-state index is 0.716. The minimum Gasteiger partial charge on any atom is -0.266 e. The SMILES string of the molecule is Ic1cnn(Cc2ccc3ccccc3n2)c1. The average Bonchev–Trinajstić information content (AvgIpc) is 2.75. The van der Waals surface area contributed by atoms with Crippen LogP contribution in [-0.2, 0) is 6.54 Å². The molecule has 0 bridgehead atoms. The van der Waals surface area contributed by atoms with Crippen molar-refractivity contribution in [3.05, 3.63) is 58.1 Å². The Labute approximate surface area is 113 Å². The van der Waals surface area contributed by atoms with Crippen LogP contribution in [0.15, 0.2) is 48.8 Å². The van der Waals surface area contributed by atoms with Gasteiger partial charge in [-0.1, -0.05) is 24.3 Å². The van der Waals surface area contributed by atoms with Crippen molar-refractivity contribution in [3.63, 3.8) is 0 Å². The molecule has 0 saturated heterocycles. The third kappa shape index (κ3) is 2.31. The fourth-order valence-corrected chi connectivity index (χ4v) is 2.23. The number of para-hydroxylation sites is 1. The maximum absolute atomic E-state index is 4.62. The predicted molar refractivity (Wildman–Crippen MR) is 75.8 cm³/mol. The van der Waals surface area contributed by atoms with E-state index < -0.39 is 0 Å². The Kier molecular flexibility index (Phi) is 2.80. The minimum absolute atomic E-state index is 0.716. The lowest BCUT2D eigenvalue weighted by atomic mass is 10.2. The Balaban J connectivity index is 1.95. The molecule has 0 aliphatic heterocycles. The molecule has 1 aromatic carbocycles. The van der Waals surface area contributed by atoms with Gasteiger partial charge in [0.05, 0.1) is 27.5 Å². The van der Waals surface area contributed by atoms with Crippen molar-refractivity contribution in [1.29, 1.82) is 0 Å². The fourth-order valence-electron chi connectivity index (χ4n) is 1.79. The van der Waals surface area contributed by atoms with Crippen molar-refractivity contribution in [2.45, 2.75) is 6.54 Å².